The highest BCUT2D eigenvalue weighted by Gasteiger charge is 2.38. The molecule has 1 aromatic rings. The summed E-state index contributed by atoms with van der Waals surface area (Å²) in [5.41, 5.74) is 7.50. The minimum atomic E-state index is -0.808. The van der Waals surface area contributed by atoms with Crippen LogP contribution in [0.25, 0.3) is 0 Å². The van der Waals surface area contributed by atoms with Gasteiger partial charge in [0.25, 0.3) is 0 Å². The SMILES string of the molecule is CC(C)c1nn(C)cc1C(N)C1(O)CCNCC1. The second-order valence-corrected chi connectivity index (χ2v) is 5.63. The Hall–Kier alpha value is -0.910. The number of rotatable bonds is 3. The summed E-state index contributed by atoms with van der Waals surface area (Å²) in [4.78, 5) is 0. The lowest BCUT2D eigenvalue weighted by Crippen LogP contribution is -2.49. The highest BCUT2D eigenvalue weighted by molar-refractivity contribution is 5.27. The zero-order valence-corrected chi connectivity index (χ0v) is 11.5. The lowest BCUT2D eigenvalue weighted by molar-refractivity contribution is -0.0145. The van der Waals surface area contributed by atoms with Crippen molar-refractivity contribution in [3.05, 3.63) is 17.5 Å². The van der Waals surface area contributed by atoms with Gasteiger partial charge >= 0.3 is 0 Å². The van der Waals surface area contributed by atoms with Gasteiger partial charge in [0.15, 0.2) is 0 Å². The number of nitrogens with two attached hydrogens (primary N) is 1. The molecule has 1 aliphatic rings. The number of aromatic nitrogens is 2. The summed E-state index contributed by atoms with van der Waals surface area (Å²) >= 11 is 0. The van der Waals surface area contributed by atoms with E-state index in [1.807, 2.05) is 13.2 Å². The maximum atomic E-state index is 10.7. The molecule has 5 nitrogen and oxygen atoms in total. The molecular weight excluding hydrogens is 228 g/mol. The van der Waals surface area contributed by atoms with E-state index in [2.05, 4.69) is 24.3 Å². The predicted octanol–water partition coefficient (Wildman–Crippen LogP) is 0.658. The average molecular weight is 252 g/mol. The number of hydrogen-bond acceptors (Lipinski definition) is 4. The molecule has 0 bridgehead atoms. The molecule has 1 unspecified atom stereocenters. The lowest BCUT2D eigenvalue weighted by Gasteiger charge is -2.37. The fourth-order valence-corrected chi connectivity index (χ4v) is 2.67. The summed E-state index contributed by atoms with van der Waals surface area (Å²) in [5.74, 6) is 0.317. The zero-order valence-electron chi connectivity index (χ0n) is 11.5. The molecule has 1 aromatic heterocycles. The van der Waals surface area contributed by atoms with Crippen LogP contribution in [0.15, 0.2) is 6.20 Å². The van der Waals surface area contributed by atoms with Gasteiger partial charge in [-0.1, -0.05) is 13.8 Å². The van der Waals surface area contributed by atoms with Gasteiger partial charge in [-0.3, -0.25) is 4.68 Å². The van der Waals surface area contributed by atoms with E-state index in [1.165, 1.54) is 0 Å². The molecular formula is C13H24N4O. The summed E-state index contributed by atoms with van der Waals surface area (Å²) < 4.78 is 1.79. The van der Waals surface area contributed by atoms with E-state index in [0.717, 1.165) is 24.3 Å². The highest BCUT2D eigenvalue weighted by Crippen LogP contribution is 2.34. The summed E-state index contributed by atoms with van der Waals surface area (Å²) in [5, 5.41) is 18.4. The van der Waals surface area contributed by atoms with Crippen molar-refractivity contribution in [1.29, 1.82) is 0 Å². The van der Waals surface area contributed by atoms with Crippen molar-refractivity contribution in [2.45, 2.75) is 44.2 Å². The van der Waals surface area contributed by atoms with Crippen molar-refractivity contribution in [2.24, 2.45) is 12.8 Å². The first-order valence-electron chi connectivity index (χ1n) is 6.66. The minimum Gasteiger partial charge on any atom is -0.388 e. The van der Waals surface area contributed by atoms with Gasteiger partial charge in [0.2, 0.25) is 0 Å². The standard InChI is InChI=1S/C13H24N4O/c1-9(2)11-10(8-17(3)16-11)12(14)13(18)4-6-15-7-5-13/h8-9,12,15,18H,4-7,14H2,1-3H3. The van der Waals surface area contributed by atoms with Gasteiger partial charge in [0.1, 0.15) is 0 Å². The van der Waals surface area contributed by atoms with E-state index >= 15 is 0 Å². The van der Waals surface area contributed by atoms with Gasteiger partial charge < -0.3 is 16.2 Å². The smallest absolute Gasteiger partial charge is 0.0864 e. The molecule has 0 aliphatic carbocycles. The van der Waals surface area contributed by atoms with Gasteiger partial charge in [0.05, 0.1) is 17.3 Å². The van der Waals surface area contributed by atoms with E-state index in [-0.39, 0.29) is 6.04 Å². The maximum absolute atomic E-state index is 10.7. The molecule has 4 N–H and O–H groups in total. The minimum absolute atomic E-state index is 0.317. The van der Waals surface area contributed by atoms with Crippen LogP contribution >= 0.6 is 0 Å². The van der Waals surface area contributed by atoms with E-state index in [0.29, 0.717) is 18.8 Å². The lowest BCUT2D eigenvalue weighted by atomic mass is 9.81. The van der Waals surface area contributed by atoms with Gasteiger partial charge in [-0.25, -0.2) is 0 Å². The molecule has 0 spiro atoms. The van der Waals surface area contributed by atoms with Crippen molar-refractivity contribution in [1.82, 2.24) is 15.1 Å². The van der Waals surface area contributed by atoms with Crippen LogP contribution in [0.3, 0.4) is 0 Å². The number of aryl methyl sites for hydroxylation is 1. The van der Waals surface area contributed by atoms with Gasteiger partial charge in [0, 0.05) is 18.8 Å². The maximum Gasteiger partial charge on any atom is 0.0864 e. The van der Waals surface area contributed by atoms with Crippen LogP contribution in [0.5, 0.6) is 0 Å². The average Bonchev–Trinajstić information content (AvgIpc) is 2.71. The molecule has 1 aliphatic heterocycles. The van der Waals surface area contributed by atoms with Crippen molar-refractivity contribution >= 4 is 0 Å². The number of nitrogens with zero attached hydrogens (tertiary/aromatic N) is 2. The molecule has 0 radical (unpaired) electrons. The zero-order chi connectivity index (χ0) is 13.3. The van der Waals surface area contributed by atoms with Crippen molar-refractivity contribution in [3.8, 4) is 0 Å². The third-order valence-corrected chi connectivity index (χ3v) is 3.82. The molecule has 2 rings (SSSR count). The number of nitrogens with one attached hydrogen (secondary N) is 1. The summed E-state index contributed by atoms with van der Waals surface area (Å²) in [6.45, 7) is 5.85. The Bertz CT molecular complexity index is 407. The third kappa shape index (κ3) is 2.43. The Labute approximate surface area is 108 Å². The second kappa shape index (κ2) is 4.99. The van der Waals surface area contributed by atoms with E-state index < -0.39 is 5.60 Å². The first kappa shape index (κ1) is 13.5. The van der Waals surface area contributed by atoms with E-state index in [9.17, 15) is 5.11 Å². The number of aliphatic hydroxyl groups is 1. The predicted molar refractivity (Wildman–Crippen MR) is 71.3 cm³/mol. The molecule has 0 amide bonds. The van der Waals surface area contributed by atoms with Gasteiger partial charge in [-0.15, -0.1) is 0 Å². The summed E-state index contributed by atoms with van der Waals surface area (Å²) in [6.07, 6.45) is 3.33. The van der Waals surface area contributed by atoms with E-state index in [4.69, 9.17) is 5.73 Å². The van der Waals surface area contributed by atoms with E-state index in [1.54, 1.807) is 4.68 Å². The third-order valence-electron chi connectivity index (χ3n) is 3.82. The molecule has 5 heteroatoms. The molecule has 2 heterocycles. The largest absolute Gasteiger partial charge is 0.388 e. The fourth-order valence-electron chi connectivity index (χ4n) is 2.67. The molecule has 1 fully saturated rings. The summed E-state index contributed by atoms with van der Waals surface area (Å²) in [6, 6.07) is -0.356. The molecule has 1 saturated heterocycles. The Morgan fingerprint density at radius 2 is 2.06 bits per heavy atom. The quantitative estimate of drug-likeness (QED) is 0.738. The Balaban J connectivity index is 2.29. The normalized spacial score (nSPS) is 21.2. The first-order valence-corrected chi connectivity index (χ1v) is 6.66. The van der Waals surface area contributed by atoms with Crippen molar-refractivity contribution in [3.63, 3.8) is 0 Å². The summed E-state index contributed by atoms with van der Waals surface area (Å²) in [7, 11) is 1.90. The van der Waals surface area contributed by atoms with Crippen LogP contribution in [-0.4, -0.2) is 33.6 Å². The van der Waals surface area contributed by atoms with Crippen molar-refractivity contribution < 1.29 is 5.11 Å². The molecule has 1 atom stereocenters. The van der Waals surface area contributed by atoms with Crippen LogP contribution < -0.4 is 11.1 Å². The van der Waals surface area contributed by atoms with Crippen LogP contribution in [0.4, 0.5) is 0 Å². The molecule has 0 saturated carbocycles. The van der Waals surface area contributed by atoms with Gasteiger partial charge in [-0.05, 0) is 31.8 Å². The van der Waals surface area contributed by atoms with Crippen molar-refractivity contribution in [2.75, 3.05) is 13.1 Å². The second-order valence-electron chi connectivity index (χ2n) is 5.63. The Morgan fingerprint density at radius 3 is 2.61 bits per heavy atom. The van der Waals surface area contributed by atoms with Crippen LogP contribution in [0, 0.1) is 0 Å². The molecule has 18 heavy (non-hydrogen) atoms. The number of hydrogen-bond donors (Lipinski definition) is 3. The molecule has 0 aromatic carbocycles. The first-order chi connectivity index (χ1) is 8.44. The molecule has 102 valence electrons. The topological polar surface area (TPSA) is 76.1 Å². The van der Waals surface area contributed by atoms with Crippen LogP contribution in [0.1, 0.15) is 49.9 Å². The van der Waals surface area contributed by atoms with Crippen LogP contribution in [0.2, 0.25) is 0 Å². The Morgan fingerprint density at radius 1 is 1.44 bits per heavy atom. The Kier molecular flexibility index (Phi) is 3.75. The van der Waals surface area contributed by atoms with Gasteiger partial charge in [-0.2, -0.15) is 5.10 Å². The fraction of sp³-hybridized carbons (Fsp3) is 0.769. The monoisotopic (exact) mass is 252 g/mol. The number of piperidine rings is 1. The van der Waals surface area contributed by atoms with Crippen LogP contribution in [-0.2, 0) is 7.05 Å². The highest BCUT2D eigenvalue weighted by atomic mass is 16.3.